The predicted molar refractivity (Wildman–Crippen MR) is 53.0 cm³/mol. The summed E-state index contributed by atoms with van der Waals surface area (Å²) in [6.07, 6.45) is 1.49. The van der Waals surface area contributed by atoms with E-state index >= 15 is 0 Å². The Balaban J connectivity index is 0.00000121. The average molecular weight is 273 g/mol. The molecule has 0 fully saturated rings. The first-order chi connectivity index (χ1) is 5.24. The Morgan fingerprint density at radius 2 is 2.50 bits per heavy atom. The first-order valence-corrected chi connectivity index (χ1v) is 4.63. The first kappa shape index (κ1) is 11.9. The van der Waals surface area contributed by atoms with Gasteiger partial charge in [-0.05, 0) is 22.9 Å². The van der Waals surface area contributed by atoms with Gasteiger partial charge < -0.3 is 4.74 Å². The van der Waals surface area contributed by atoms with E-state index in [9.17, 15) is 4.79 Å². The number of halogens is 2. The Kier molecular flexibility index (Phi) is 5.44. The lowest BCUT2D eigenvalue weighted by Gasteiger charge is -1.95. The van der Waals surface area contributed by atoms with Crippen LogP contribution in [0, 0.1) is 0 Å². The van der Waals surface area contributed by atoms with Gasteiger partial charge in [-0.15, -0.1) is 23.7 Å². The zero-order valence-corrected chi connectivity index (χ0v) is 9.46. The van der Waals surface area contributed by atoms with E-state index in [4.69, 9.17) is 4.74 Å². The van der Waals surface area contributed by atoms with Gasteiger partial charge in [-0.25, -0.2) is 9.78 Å². The molecular formula is C6H7BrClNO2S. The largest absolute Gasteiger partial charge is 0.462 e. The van der Waals surface area contributed by atoms with Crippen molar-refractivity contribution in [3.05, 3.63) is 15.0 Å². The number of carbonyl (C=O) groups is 1. The van der Waals surface area contributed by atoms with Crippen LogP contribution in [0.25, 0.3) is 0 Å². The summed E-state index contributed by atoms with van der Waals surface area (Å²) in [7, 11) is 0. The second-order valence-electron chi connectivity index (χ2n) is 1.70. The molecule has 0 aliphatic heterocycles. The van der Waals surface area contributed by atoms with E-state index in [0.29, 0.717) is 15.4 Å². The lowest BCUT2D eigenvalue weighted by molar-refractivity contribution is 0.0532. The molecule has 0 saturated carbocycles. The Morgan fingerprint density at radius 1 is 1.83 bits per heavy atom. The van der Waals surface area contributed by atoms with Gasteiger partial charge in [0.25, 0.3) is 0 Å². The van der Waals surface area contributed by atoms with E-state index in [1.165, 1.54) is 17.5 Å². The van der Waals surface area contributed by atoms with Gasteiger partial charge in [0.15, 0.2) is 3.92 Å². The van der Waals surface area contributed by atoms with Crippen LogP contribution in [0.5, 0.6) is 0 Å². The van der Waals surface area contributed by atoms with Gasteiger partial charge in [0, 0.05) is 0 Å². The number of carbonyl (C=O) groups excluding carboxylic acids is 1. The van der Waals surface area contributed by atoms with Crippen molar-refractivity contribution in [2.75, 3.05) is 6.61 Å². The molecule has 0 unspecified atom stereocenters. The molecule has 68 valence electrons. The second kappa shape index (κ2) is 5.50. The molecule has 1 heterocycles. The SMILES string of the molecule is CCOC(=O)c1cnc(Br)s1.Cl. The summed E-state index contributed by atoms with van der Waals surface area (Å²) in [6, 6.07) is 0. The zero-order valence-electron chi connectivity index (χ0n) is 6.24. The van der Waals surface area contributed by atoms with Gasteiger partial charge in [0.2, 0.25) is 0 Å². The molecule has 0 bridgehead atoms. The van der Waals surface area contributed by atoms with E-state index < -0.39 is 0 Å². The van der Waals surface area contributed by atoms with Crippen LogP contribution in [-0.4, -0.2) is 17.6 Å². The van der Waals surface area contributed by atoms with Crippen LogP contribution >= 0.6 is 39.7 Å². The number of ether oxygens (including phenoxy) is 1. The normalized spacial score (nSPS) is 8.83. The van der Waals surface area contributed by atoms with Crippen molar-refractivity contribution in [3.63, 3.8) is 0 Å². The third-order valence-corrected chi connectivity index (χ3v) is 2.41. The maximum absolute atomic E-state index is 11.0. The highest BCUT2D eigenvalue weighted by Crippen LogP contribution is 2.18. The molecule has 0 aliphatic carbocycles. The Hall–Kier alpha value is -0.130. The standard InChI is InChI=1S/C6H6BrNO2S.ClH/c1-2-10-5(9)4-3-8-6(7)11-4;/h3H,2H2,1H3;1H. The summed E-state index contributed by atoms with van der Waals surface area (Å²) in [4.78, 5) is 15.4. The minimum atomic E-state index is -0.310. The van der Waals surface area contributed by atoms with Crippen molar-refractivity contribution in [1.82, 2.24) is 4.98 Å². The van der Waals surface area contributed by atoms with E-state index in [1.54, 1.807) is 6.92 Å². The summed E-state index contributed by atoms with van der Waals surface area (Å²) in [5.41, 5.74) is 0. The molecule has 0 amide bonds. The van der Waals surface area contributed by atoms with Crippen LogP contribution < -0.4 is 0 Å². The molecule has 0 aliphatic rings. The topological polar surface area (TPSA) is 39.2 Å². The summed E-state index contributed by atoms with van der Waals surface area (Å²) >= 11 is 4.42. The number of hydrogen-bond acceptors (Lipinski definition) is 4. The molecule has 6 heteroatoms. The fourth-order valence-electron chi connectivity index (χ4n) is 0.549. The summed E-state index contributed by atoms with van der Waals surface area (Å²) in [6.45, 7) is 2.17. The minimum absolute atomic E-state index is 0. The van der Waals surface area contributed by atoms with Crippen LogP contribution in [0.3, 0.4) is 0 Å². The molecule has 0 spiro atoms. The highest BCUT2D eigenvalue weighted by Gasteiger charge is 2.09. The number of aromatic nitrogens is 1. The molecule has 1 aromatic rings. The third-order valence-electron chi connectivity index (χ3n) is 0.954. The molecule has 12 heavy (non-hydrogen) atoms. The van der Waals surface area contributed by atoms with Crippen molar-refractivity contribution in [2.24, 2.45) is 0 Å². The van der Waals surface area contributed by atoms with E-state index in [0.717, 1.165) is 0 Å². The van der Waals surface area contributed by atoms with Gasteiger partial charge >= 0.3 is 5.97 Å². The Labute approximate surface area is 88.7 Å². The van der Waals surface area contributed by atoms with Crippen molar-refractivity contribution < 1.29 is 9.53 Å². The number of hydrogen-bond donors (Lipinski definition) is 0. The smallest absolute Gasteiger partial charge is 0.349 e. The molecule has 1 rings (SSSR count). The van der Waals surface area contributed by atoms with E-state index in [2.05, 4.69) is 20.9 Å². The maximum Gasteiger partial charge on any atom is 0.349 e. The van der Waals surface area contributed by atoms with Gasteiger partial charge in [-0.1, -0.05) is 0 Å². The highest BCUT2D eigenvalue weighted by molar-refractivity contribution is 9.11. The first-order valence-electron chi connectivity index (χ1n) is 3.02. The molecule has 0 radical (unpaired) electrons. The second-order valence-corrected chi connectivity index (χ2v) is 4.00. The van der Waals surface area contributed by atoms with Crippen molar-refractivity contribution >= 4 is 45.6 Å². The zero-order chi connectivity index (χ0) is 8.27. The summed E-state index contributed by atoms with van der Waals surface area (Å²) < 4.78 is 5.45. The number of rotatable bonds is 2. The third kappa shape index (κ3) is 3.08. The van der Waals surface area contributed by atoms with Crippen LogP contribution in [0.1, 0.15) is 16.6 Å². The van der Waals surface area contributed by atoms with Crippen molar-refractivity contribution in [2.45, 2.75) is 6.92 Å². The number of nitrogens with zero attached hydrogens (tertiary/aromatic N) is 1. The van der Waals surface area contributed by atoms with Crippen LogP contribution in [0.2, 0.25) is 0 Å². The monoisotopic (exact) mass is 271 g/mol. The Morgan fingerprint density at radius 3 is 2.92 bits per heavy atom. The number of esters is 1. The lowest BCUT2D eigenvalue weighted by Crippen LogP contribution is -2.01. The molecule has 3 nitrogen and oxygen atoms in total. The Bertz CT molecular complexity index is 266. The van der Waals surface area contributed by atoms with Crippen LogP contribution in [0.15, 0.2) is 10.1 Å². The van der Waals surface area contributed by atoms with Crippen LogP contribution in [-0.2, 0) is 4.74 Å². The van der Waals surface area contributed by atoms with E-state index in [1.807, 2.05) is 0 Å². The van der Waals surface area contributed by atoms with Gasteiger partial charge in [-0.3, -0.25) is 0 Å². The molecule has 1 aromatic heterocycles. The van der Waals surface area contributed by atoms with Crippen molar-refractivity contribution in [3.8, 4) is 0 Å². The predicted octanol–water partition coefficient (Wildman–Crippen LogP) is 2.50. The maximum atomic E-state index is 11.0. The number of thiazole rings is 1. The van der Waals surface area contributed by atoms with E-state index in [-0.39, 0.29) is 18.4 Å². The fourth-order valence-corrected chi connectivity index (χ4v) is 1.71. The molecule has 0 saturated heterocycles. The molecule has 0 atom stereocenters. The fraction of sp³-hybridized carbons (Fsp3) is 0.333. The highest BCUT2D eigenvalue weighted by atomic mass is 79.9. The lowest BCUT2D eigenvalue weighted by atomic mass is 10.6. The quantitative estimate of drug-likeness (QED) is 0.777. The molecular weight excluding hydrogens is 265 g/mol. The van der Waals surface area contributed by atoms with Gasteiger partial charge in [-0.2, -0.15) is 0 Å². The average Bonchev–Trinajstić information content (AvgIpc) is 2.36. The summed E-state index contributed by atoms with van der Waals surface area (Å²) in [5.74, 6) is -0.310. The summed E-state index contributed by atoms with van der Waals surface area (Å²) in [5, 5.41) is 0. The van der Waals surface area contributed by atoms with Crippen LogP contribution in [0.4, 0.5) is 0 Å². The minimum Gasteiger partial charge on any atom is -0.462 e. The molecule has 0 N–H and O–H groups in total. The van der Waals surface area contributed by atoms with Gasteiger partial charge in [0.1, 0.15) is 4.88 Å². The van der Waals surface area contributed by atoms with Gasteiger partial charge in [0.05, 0.1) is 12.8 Å². The van der Waals surface area contributed by atoms with Crippen molar-refractivity contribution in [1.29, 1.82) is 0 Å². The molecule has 0 aromatic carbocycles.